The highest BCUT2D eigenvalue weighted by molar-refractivity contribution is 5.88. The number of amides is 2. The summed E-state index contributed by atoms with van der Waals surface area (Å²) < 4.78 is 1.50. The molecule has 9 heteroatoms. The fourth-order valence-corrected chi connectivity index (χ4v) is 6.54. The number of carbonyl (C=O) groups excluding carboxylic acids is 1. The molecule has 1 aromatic heterocycles. The third kappa shape index (κ3) is 4.48. The summed E-state index contributed by atoms with van der Waals surface area (Å²) in [6.07, 6.45) is 6.37. The second-order valence-corrected chi connectivity index (χ2v) is 10.6. The maximum atomic E-state index is 12.7. The predicted octanol–water partition coefficient (Wildman–Crippen LogP) is 1.80. The first-order valence-electron chi connectivity index (χ1n) is 12.8. The summed E-state index contributed by atoms with van der Waals surface area (Å²) in [4.78, 5) is 33.5. The highest BCUT2D eigenvalue weighted by atomic mass is 16.2. The Kier molecular flexibility index (Phi) is 6.41. The number of benzene rings is 1. The summed E-state index contributed by atoms with van der Waals surface area (Å²) in [5, 5.41) is 5.94. The van der Waals surface area contributed by atoms with E-state index in [9.17, 15) is 9.59 Å². The Hall–Kier alpha value is -2.75. The highest BCUT2D eigenvalue weighted by Crippen LogP contribution is 2.69. The number of carbonyl (C=O) groups is 1. The SMILES string of the molecule is CCN(C(C)Cc1ccc(-n2ccc(NC(=O)N3CCNCC3)nc2=O)cc1)C12CC(CN)(C1)C2. The number of piperazine rings is 1. The molecule has 3 saturated carbocycles. The van der Waals surface area contributed by atoms with Crippen LogP contribution in [0.5, 0.6) is 0 Å². The van der Waals surface area contributed by atoms with Crippen molar-refractivity contribution in [3.8, 4) is 5.69 Å². The van der Waals surface area contributed by atoms with Gasteiger partial charge in [-0.05, 0) is 74.9 Å². The van der Waals surface area contributed by atoms with Gasteiger partial charge in [0.15, 0.2) is 0 Å². The zero-order valence-electron chi connectivity index (χ0n) is 20.8. The van der Waals surface area contributed by atoms with E-state index in [1.54, 1.807) is 17.2 Å². The summed E-state index contributed by atoms with van der Waals surface area (Å²) in [5.41, 5.74) is 8.36. The van der Waals surface area contributed by atoms with E-state index in [2.05, 4.69) is 46.5 Å². The first-order chi connectivity index (χ1) is 16.9. The predicted molar refractivity (Wildman–Crippen MR) is 137 cm³/mol. The van der Waals surface area contributed by atoms with E-state index < -0.39 is 5.69 Å². The Morgan fingerprint density at radius 2 is 1.89 bits per heavy atom. The molecule has 2 bridgehead atoms. The molecule has 2 aromatic rings. The third-order valence-electron chi connectivity index (χ3n) is 8.22. The minimum absolute atomic E-state index is 0.229. The molecule has 35 heavy (non-hydrogen) atoms. The van der Waals surface area contributed by atoms with Crippen LogP contribution in [0.15, 0.2) is 41.3 Å². The van der Waals surface area contributed by atoms with E-state index in [1.807, 2.05) is 12.1 Å². The van der Waals surface area contributed by atoms with Gasteiger partial charge in [-0.25, -0.2) is 9.59 Å². The van der Waals surface area contributed by atoms with Gasteiger partial charge < -0.3 is 16.0 Å². The smallest absolute Gasteiger partial charge is 0.330 e. The van der Waals surface area contributed by atoms with Gasteiger partial charge in [0.25, 0.3) is 0 Å². The lowest BCUT2D eigenvalue weighted by Crippen LogP contribution is -2.77. The van der Waals surface area contributed by atoms with Crippen molar-refractivity contribution in [1.82, 2.24) is 24.7 Å². The van der Waals surface area contributed by atoms with Crippen LogP contribution >= 0.6 is 0 Å². The average molecular weight is 480 g/mol. The van der Waals surface area contributed by atoms with Crippen LogP contribution in [-0.2, 0) is 6.42 Å². The van der Waals surface area contributed by atoms with Gasteiger partial charge in [-0.1, -0.05) is 19.1 Å². The van der Waals surface area contributed by atoms with E-state index in [4.69, 9.17) is 5.73 Å². The van der Waals surface area contributed by atoms with E-state index >= 15 is 0 Å². The van der Waals surface area contributed by atoms with Crippen molar-refractivity contribution in [2.45, 2.75) is 51.1 Å². The third-order valence-corrected chi connectivity index (χ3v) is 8.22. The van der Waals surface area contributed by atoms with Gasteiger partial charge in [0.2, 0.25) is 0 Å². The van der Waals surface area contributed by atoms with Crippen LogP contribution < -0.4 is 22.1 Å². The van der Waals surface area contributed by atoms with Gasteiger partial charge in [-0.3, -0.25) is 14.8 Å². The lowest BCUT2D eigenvalue weighted by atomic mass is 9.38. The molecule has 9 nitrogen and oxygen atoms in total. The monoisotopic (exact) mass is 479 g/mol. The Balaban J connectivity index is 1.21. The molecule has 1 aliphatic heterocycles. The van der Waals surface area contributed by atoms with Crippen LogP contribution in [0.1, 0.15) is 38.7 Å². The van der Waals surface area contributed by atoms with Gasteiger partial charge in [-0.2, -0.15) is 4.98 Å². The van der Waals surface area contributed by atoms with Crippen molar-refractivity contribution < 1.29 is 4.79 Å². The lowest BCUT2D eigenvalue weighted by molar-refractivity contribution is -0.222. The number of nitrogens with two attached hydrogens (primary N) is 1. The zero-order chi connectivity index (χ0) is 24.6. The number of likely N-dealkylation sites (N-methyl/N-ethyl adjacent to an activating group) is 1. The molecule has 6 rings (SSSR count). The molecule has 188 valence electrons. The van der Waals surface area contributed by atoms with Crippen LogP contribution in [0.3, 0.4) is 0 Å². The minimum atomic E-state index is -0.418. The molecule has 2 heterocycles. The molecule has 4 N–H and O–H groups in total. The largest absolute Gasteiger partial charge is 0.354 e. The molecule has 1 unspecified atom stereocenters. The summed E-state index contributed by atoms with van der Waals surface area (Å²) in [6.45, 7) is 9.25. The zero-order valence-corrected chi connectivity index (χ0v) is 20.8. The topological polar surface area (TPSA) is 109 Å². The molecular weight excluding hydrogens is 442 g/mol. The molecule has 1 atom stereocenters. The molecule has 3 aliphatic carbocycles. The van der Waals surface area contributed by atoms with Crippen molar-refractivity contribution in [3.05, 3.63) is 52.6 Å². The molecule has 2 amide bonds. The van der Waals surface area contributed by atoms with Crippen molar-refractivity contribution in [1.29, 1.82) is 0 Å². The number of hydrogen-bond donors (Lipinski definition) is 3. The first kappa shape index (κ1) is 24.0. The fraction of sp³-hybridized carbons (Fsp3) is 0.577. The molecular formula is C26H37N7O2. The van der Waals surface area contributed by atoms with Crippen LogP contribution in [0, 0.1) is 5.41 Å². The van der Waals surface area contributed by atoms with E-state index in [0.717, 1.165) is 38.3 Å². The summed E-state index contributed by atoms with van der Waals surface area (Å²) in [6, 6.07) is 9.99. The van der Waals surface area contributed by atoms with Gasteiger partial charge in [0, 0.05) is 44.0 Å². The Labute approximate surface area is 206 Å². The van der Waals surface area contributed by atoms with E-state index in [0.29, 0.717) is 30.1 Å². The van der Waals surface area contributed by atoms with Crippen molar-refractivity contribution in [3.63, 3.8) is 0 Å². The maximum absolute atomic E-state index is 12.7. The number of anilines is 1. The number of aromatic nitrogens is 2. The summed E-state index contributed by atoms with van der Waals surface area (Å²) in [7, 11) is 0. The number of rotatable bonds is 8. The molecule has 0 spiro atoms. The number of nitrogens with zero attached hydrogens (tertiary/aromatic N) is 4. The quantitative estimate of drug-likeness (QED) is 0.533. The first-order valence-corrected chi connectivity index (χ1v) is 12.8. The number of urea groups is 1. The second-order valence-electron chi connectivity index (χ2n) is 10.6. The number of nitrogens with one attached hydrogen (secondary N) is 2. The van der Waals surface area contributed by atoms with Crippen molar-refractivity contribution >= 4 is 11.8 Å². The molecule has 4 aliphatic rings. The van der Waals surface area contributed by atoms with Gasteiger partial charge in [-0.15, -0.1) is 0 Å². The molecule has 1 saturated heterocycles. The molecule has 0 radical (unpaired) electrons. The van der Waals surface area contributed by atoms with E-state index in [-0.39, 0.29) is 11.8 Å². The van der Waals surface area contributed by atoms with Crippen LogP contribution in [0.25, 0.3) is 5.69 Å². The highest BCUT2D eigenvalue weighted by Gasteiger charge is 2.69. The normalized spacial score (nSPS) is 26.1. The fourth-order valence-electron chi connectivity index (χ4n) is 6.54. The van der Waals surface area contributed by atoms with Gasteiger partial charge >= 0.3 is 11.7 Å². The number of hydrogen-bond acceptors (Lipinski definition) is 6. The summed E-state index contributed by atoms with van der Waals surface area (Å²) >= 11 is 0. The molecule has 1 aromatic carbocycles. The second kappa shape index (κ2) is 9.37. The van der Waals surface area contributed by atoms with Crippen LogP contribution in [0.2, 0.25) is 0 Å². The Morgan fingerprint density at radius 1 is 1.20 bits per heavy atom. The lowest BCUT2D eigenvalue weighted by Gasteiger charge is -2.75. The van der Waals surface area contributed by atoms with Crippen LogP contribution in [-0.4, -0.2) is 76.2 Å². The summed E-state index contributed by atoms with van der Waals surface area (Å²) in [5.74, 6) is 0.268. The maximum Gasteiger partial charge on any atom is 0.354 e. The van der Waals surface area contributed by atoms with E-state index in [1.165, 1.54) is 29.4 Å². The van der Waals surface area contributed by atoms with Gasteiger partial charge in [0.1, 0.15) is 5.82 Å². The van der Waals surface area contributed by atoms with Crippen LogP contribution in [0.4, 0.5) is 10.6 Å². The van der Waals surface area contributed by atoms with Gasteiger partial charge in [0.05, 0.1) is 5.69 Å². The average Bonchev–Trinajstić information content (AvgIpc) is 2.81. The Morgan fingerprint density at radius 3 is 2.49 bits per heavy atom. The minimum Gasteiger partial charge on any atom is -0.330 e. The standard InChI is InChI=1S/C26H37N7O2/c1-3-33(26-15-25(16-26,17-26)18-27)19(2)14-20-4-6-21(7-5-20)32-11-8-22(30-24(32)35)29-23(34)31-12-9-28-10-13-31/h4-8,11,19,28H,3,9-10,12-18,27H2,1-2H3,(H,29,30,34,35). The van der Waals surface area contributed by atoms with Crippen molar-refractivity contribution in [2.24, 2.45) is 11.1 Å². The van der Waals surface area contributed by atoms with Crippen molar-refractivity contribution in [2.75, 3.05) is 44.6 Å². The Bertz CT molecular complexity index is 1100. The molecule has 4 fully saturated rings.